The molecule has 5 heteroatoms. The molecule has 1 aliphatic carbocycles. The highest BCUT2D eigenvalue weighted by Gasteiger charge is 2.42. The van der Waals surface area contributed by atoms with Crippen LogP contribution < -0.4 is 0 Å². The number of aromatic nitrogens is 1. The van der Waals surface area contributed by atoms with Crippen LogP contribution in [0.3, 0.4) is 0 Å². The van der Waals surface area contributed by atoms with Gasteiger partial charge in [-0.25, -0.2) is 4.79 Å². The first-order valence-electron chi connectivity index (χ1n) is 13.3. The largest absolute Gasteiger partial charge is 0.475 e. The van der Waals surface area contributed by atoms with Gasteiger partial charge in [0.25, 0.3) is 5.78 Å². The number of carbonyl (C=O) groups is 2. The van der Waals surface area contributed by atoms with E-state index in [1.807, 2.05) is 30.5 Å². The first kappa shape index (κ1) is 22.6. The molecule has 3 heterocycles. The Morgan fingerprint density at radius 3 is 1.94 bits per heavy atom. The number of fused-ring (bicyclic) bond motifs is 3. The summed E-state index contributed by atoms with van der Waals surface area (Å²) < 4.78 is 2.24. The Labute approximate surface area is 197 Å². The minimum atomic E-state index is -1.37. The number of carboxylic acids is 1. The highest BCUT2D eigenvalue weighted by atomic mass is 16.4. The van der Waals surface area contributed by atoms with Gasteiger partial charge >= 0.3 is 5.97 Å². The summed E-state index contributed by atoms with van der Waals surface area (Å²) in [5.74, 6) is -2.18. The molecule has 3 aliphatic rings. The van der Waals surface area contributed by atoms with Crippen molar-refractivity contribution in [3.8, 4) is 0 Å². The van der Waals surface area contributed by atoms with Crippen molar-refractivity contribution in [1.29, 1.82) is 0 Å². The smallest absolute Gasteiger partial charge is 0.377 e. The normalized spacial score (nSPS) is 27.9. The number of rotatable bonds is 4. The summed E-state index contributed by atoms with van der Waals surface area (Å²) in [6.45, 7) is 0. The van der Waals surface area contributed by atoms with Gasteiger partial charge in [-0.15, -0.1) is 0 Å². The highest BCUT2D eigenvalue weighted by Crippen LogP contribution is 2.43. The van der Waals surface area contributed by atoms with Gasteiger partial charge in [-0.05, 0) is 44.6 Å². The summed E-state index contributed by atoms with van der Waals surface area (Å²) in [5.41, 5.74) is 1.33. The van der Waals surface area contributed by atoms with Crippen LogP contribution in [0.4, 0.5) is 0 Å². The lowest BCUT2D eigenvalue weighted by atomic mass is 9.79. The summed E-state index contributed by atoms with van der Waals surface area (Å²) in [7, 11) is 0. The lowest BCUT2D eigenvalue weighted by Crippen LogP contribution is -2.56. The van der Waals surface area contributed by atoms with E-state index in [0.717, 1.165) is 29.8 Å². The minimum Gasteiger partial charge on any atom is -0.475 e. The average molecular weight is 451 g/mol. The van der Waals surface area contributed by atoms with Crippen LogP contribution in [0.2, 0.25) is 0 Å². The first-order valence-corrected chi connectivity index (χ1v) is 13.3. The monoisotopic (exact) mass is 450 g/mol. The van der Waals surface area contributed by atoms with Crippen LogP contribution in [0.15, 0.2) is 30.5 Å². The Kier molecular flexibility index (Phi) is 6.86. The van der Waals surface area contributed by atoms with E-state index in [2.05, 4.69) is 9.47 Å². The number of piperidine rings is 2. The summed E-state index contributed by atoms with van der Waals surface area (Å²) in [6, 6.07) is 10.1. The van der Waals surface area contributed by atoms with Gasteiger partial charge in [0.1, 0.15) is 0 Å². The van der Waals surface area contributed by atoms with Gasteiger partial charge in [0.2, 0.25) is 0 Å². The van der Waals surface area contributed by atoms with Crippen molar-refractivity contribution in [2.45, 2.75) is 114 Å². The molecule has 3 atom stereocenters. The Hall–Kier alpha value is -2.14. The van der Waals surface area contributed by atoms with E-state index in [1.165, 1.54) is 77.0 Å². The number of Topliss-reactive ketones (excluding diaryl/α,β-unsaturated/α-hetero) is 1. The van der Waals surface area contributed by atoms with Crippen LogP contribution in [-0.2, 0) is 4.79 Å². The molecule has 0 spiro atoms. The van der Waals surface area contributed by atoms with E-state index in [4.69, 9.17) is 0 Å². The van der Waals surface area contributed by atoms with E-state index < -0.39 is 11.8 Å². The fraction of sp³-hybridized carbons (Fsp3) is 0.643. The maximum Gasteiger partial charge on any atom is 0.377 e. The molecule has 1 unspecified atom stereocenters. The number of carbonyl (C=O) groups excluding carboxylic acids is 1. The first-order chi connectivity index (χ1) is 16.1. The zero-order valence-corrected chi connectivity index (χ0v) is 19.8. The van der Waals surface area contributed by atoms with Gasteiger partial charge in [0.05, 0.1) is 5.56 Å². The number of ketones is 1. The zero-order valence-electron chi connectivity index (χ0n) is 19.8. The minimum absolute atomic E-state index is 0.330. The average Bonchev–Trinajstić information content (AvgIpc) is 3.21. The predicted octanol–water partition coefficient (Wildman–Crippen LogP) is 6.36. The molecule has 178 valence electrons. The van der Waals surface area contributed by atoms with Crippen LogP contribution in [-0.4, -0.2) is 44.5 Å². The van der Waals surface area contributed by atoms with Gasteiger partial charge in [0.15, 0.2) is 0 Å². The molecule has 2 saturated heterocycles. The Morgan fingerprint density at radius 2 is 1.30 bits per heavy atom. The Morgan fingerprint density at radius 1 is 0.727 bits per heavy atom. The second-order valence-electron chi connectivity index (χ2n) is 10.6. The molecule has 33 heavy (non-hydrogen) atoms. The molecule has 1 aromatic heterocycles. The molecule has 2 bridgehead atoms. The van der Waals surface area contributed by atoms with Crippen LogP contribution in [0.5, 0.6) is 0 Å². The fourth-order valence-corrected chi connectivity index (χ4v) is 7.10. The molecule has 2 aromatic rings. The molecule has 5 nitrogen and oxygen atoms in total. The van der Waals surface area contributed by atoms with Gasteiger partial charge in [-0.3, -0.25) is 9.69 Å². The third-order valence-corrected chi connectivity index (χ3v) is 8.58. The molecular weight excluding hydrogens is 412 g/mol. The van der Waals surface area contributed by atoms with Crippen molar-refractivity contribution in [2.24, 2.45) is 0 Å². The van der Waals surface area contributed by atoms with Crippen LogP contribution in [0.25, 0.3) is 10.9 Å². The van der Waals surface area contributed by atoms with Crippen LogP contribution >= 0.6 is 0 Å². The number of para-hydroxylation sites is 1. The van der Waals surface area contributed by atoms with Crippen molar-refractivity contribution in [1.82, 2.24) is 9.47 Å². The fourth-order valence-electron chi connectivity index (χ4n) is 7.10. The van der Waals surface area contributed by atoms with Crippen molar-refractivity contribution >= 4 is 22.7 Å². The van der Waals surface area contributed by atoms with Crippen molar-refractivity contribution in [3.05, 3.63) is 36.0 Å². The van der Waals surface area contributed by atoms with E-state index in [-0.39, 0.29) is 0 Å². The van der Waals surface area contributed by atoms with E-state index in [1.54, 1.807) is 0 Å². The third kappa shape index (κ3) is 4.62. The summed E-state index contributed by atoms with van der Waals surface area (Å²) in [6.07, 6.45) is 20.3. The molecule has 2 aliphatic heterocycles. The van der Waals surface area contributed by atoms with Gasteiger partial charge in [0, 0.05) is 41.3 Å². The Balaban J connectivity index is 1.40. The standard InChI is InChI=1S/C28H38N2O3/c31-27(28(32)33)25-19-29(26-16-9-8-15-24(25)26)23-17-21-13-10-14-22(18-23)30(21)20-11-6-4-2-1-3-5-7-12-20/h8-9,15-16,19-23H,1-7,10-14,17-18H2,(H,32,33)/t21-,22+,23?. The van der Waals surface area contributed by atoms with Crippen molar-refractivity contribution in [3.63, 3.8) is 0 Å². The van der Waals surface area contributed by atoms with Crippen molar-refractivity contribution in [2.75, 3.05) is 0 Å². The second kappa shape index (κ2) is 10.0. The molecule has 5 rings (SSSR count). The lowest BCUT2D eigenvalue weighted by Gasteiger charge is -2.53. The molecule has 1 aromatic carbocycles. The zero-order chi connectivity index (χ0) is 22.8. The van der Waals surface area contributed by atoms with E-state index in [0.29, 0.717) is 23.7 Å². The second-order valence-corrected chi connectivity index (χ2v) is 10.6. The molecular formula is C28H38N2O3. The molecule has 0 radical (unpaired) electrons. The molecule has 3 fully saturated rings. The van der Waals surface area contributed by atoms with Gasteiger partial charge in [-0.2, -0.15) is 0 Å². The SMILES string of the molecule is O=C(O)C(=O)c1cn(C2C[C@H]3CCC[C@@H](C2)N3C2CCCCCCCCC2)c2ccccc12. The van der Waals surface area contributed by atoms with E-state index in [9.17, 15) is 14.7 Å². The summed E-state index contributed by atoms with van der Waals surface area (Å²) in [5, 5.41) is 10.1. The Bertz CT molecular complexity index is 972. The quantitative estimate of drug-likeness (QED) is 0.435. The van der Waals surface area contributed by atoms with Gasteiger partial charge < -0.3 is 9.67 Å². The number of aliphatic carboxylic acids is 1. The van der Waals surface area contributed by atoms with Crippen molar-refractivity contribution < 1.29 is 14.7 Å². The van der Waals surface area contributed by atoms with Gasteiger partial charge in [-0.1, -0.05) is 69.6 Å². The number of benzene rings is 1. The molecule has 1 N–H and O–H groups in total. The van der Waals surface area contributed by atoms with Crippen LogP contribution in [0.1, 0.15) is 106 Å². The maximum atomic E-state index is 12.4. The van der Waals surface area contributed by atoms with E-state index >= 15 is 0 Å². The predicted molar refractivity (Wildman–Crippen MR) is 131 cm³/mol. The summed E-state index contributed by atoms with van der Waals surface area (Å²) in [4.78, 5) is 26.8. The topological polar surface area (TPSA) is 62.5 Å². The third-order valence-electron chi connectivity index (χ3n) is 8.58. The number of hydrogen-bond donors (Lipinski definition) is 1. The summed E-state index contributed by atoms with van der Waals surface area (Å²) >= 11 is 0. The maximum absolute atomic E-state index is 12.4. The number of hydrogen-bond acceptors (Lipinski definition) is 3. The molecule has 0 amide bonds. The number of carboxylic acid groups (broad SMARTS) is 1. The lowest BCUT2D eigenvalue weighted by molar-refractivity contribution is -0.131. The van der Waals surface area contributed by atoms with Crippen LogP contribution in [0, 0.1) is 0 Å². The molecule has 1 saturated carbocycles. The highest BCUT2D eigenvalue weighted by molar-refractivity contribution is 6.42. The number of nitrogens with zero attached hydrogens (tertiary/aromatic N) is 2.